The van der Waals surface area contributed by atoms with Crippen molar-refractivity contribution < 1.29 is 46.9 Å². The van der Waals surface area contributed by atoms with Crippen LogP contribution < -0.4 is 0 Å². The van der Waals surface area contributed by atoms with E-state index in [9.17, 15) is 28.0 Å². The second-order valence-corrected chi connectivity index (χ2v) is 9.75. The molecule has 2 aromatic carbocycles. The third kappa shape index (κ3) is 7.42. The van der Waals surface area contributed by atoms with Crippen molar-refractivity contribution in [3.05, 3.63) is 93.9 Å². The molecule has 0 aliphatic rings. The summed E-state index contributed by atoms with van der Waals surface area (Å²) in [6, 6.07) is 13.0. The van der Waals surface area contributed by atoms with Crippen LogP contribution in [0, 0.1) is 0 Å². The molecule has 0 heterocycles. The first-order valence-corrected chi connectivity index (χ1v) is 12.9. The van der Waals surface area contributed by atoms with Gasteiger partial charge in [-0.05, 0) is 35.4 Å². The quantitative estimate of drug-likeness (QED) is 0.139. The maximum Gasteiger partial charge on any atom is 0.356 e. The number of methoxy groups -OCH3 is 4. The fraction of sp³-hybridized carbons (Fsp3) is 0.286. The predicted octanol–water partition coefficient (Wildman–Crippen LogP) is 5.55. The Morgan fingerprint density at radius 2 is 0.850 bits per heavy atom. The molecule has 0 unspecified atom stereocenters. The zero-order chi connectivity index (χ0) is 30.7. The van der Waals surface area contributed by atoms with Crippen LogP contribution in [0.2, 0.25) is 0 Å². The number of benzene rings is 2. The molecule has 0 radical (unpaired) electrons. The fourth-order valence-electron chi connectivity index (χ4n) is 3.67. The third-order valence-electron chi connectivity index (χ3n) is 5.72. The molecule has 0 bridgehead atoms. The molecule has 0 fully saturated rings. The van der Waals surface area contributed by atoms with Crippen LogP contribution in [0.1, 0.15) is 23.0 Å². The number of hydrogen-bond donors (Lipinski definition) is 0. The summed E-state index contributed by atoms with van der Waals surface area (Å²) in [5.74, 6) is -7.71. The Kier molecular flexibility index (Phi) is 13.4. The summed E-state index contributed by atoms with van der Waals surface area (Å²) in [5, 5.41) is 0. The fourth-order valence-corrected chi connectivity index (χ4v) is 4.19. The van der Waals surface area contributed by atoms with Gasteiger partial charge in [-0.3, -0.25) is 0 Å². The highest BCUT2D eigenvalue weighted by atomic mass is 79.9. The molecule has 0 amide bonds. The molecule has 2 rings (SSSR count). The van der Waals surface area contributed by atoms with Gasteiger partial charge in [-0.15, -0.1) is 13.2 Å². The minimum atomic E-state index is -2.97. The van der Waals surface area contributed by atoms with E-state index in [4.69, 9.17) is 0 Å². The van der Waals surface area contributed by atoms with Gasteiger partial charge in [0.05, 0.1) is 40.3 Å². The Morgan fingerprint density at radius 3 is 1.02 bits per heavy atom. The summed E-state index contributed by atoms with van der Waals surface area (Å²) in [6.07, 6.45) is 2.36. The van der Waals surface area contributed by atoms with Gasteiger partial charge in [0.1, 0.15) is 0 Å². The van der Waals surface area contributed by atoms with Gasteiger partial charge in [0.15, 0.2) is 0 Å². The van der Waals surface area contributed by atoms with E-state index in [1.807, 2.05) is 0 Å². The Morgan fingerprint density at radius 1 is 0.625 bits per heavy atom. The van der Waals surface area contributed by atoms with Crippen LogP contribution in [0.3, 0.4) is 0 Å². The van der Waals surface area contributed by atoms with E-state index in [1.54, 1.807) is 48.5 Å². The van der Waals surface area contributed by atoms with E-state index >= 15 is 0 Å². The molecule has 0 aliphatic carbocycles. The zero-order valence-electron chi connectivity index (χ0n) is 22.1. The number of carbonyl (C=O) groups excluding carboxylic acids is 4. The molecule has 216 valence electrons. The standard InChI is InChI=1S/2C14H14BrFO4/c2*1-4-11(9-5-7-10(15)8-6-9)14(16,12(17)19-2)13(18)20-3/h2*4-8,11H,1H2,2-3H3/t2*11-/m00/s1. The molecule has 0 aliphatic heterocycles. The molecular weight excluding hydrogens is 662 g/mol. The first kappa shape index (κ1) is 34.6. The lowest BCUT2D eigenvalue weighted by Gasteiger charge is -2.27. The van der Waals surface area contributed by atoms with Crippen LogP contribution in [0.15, 0.2) is 82.8 Å². The number of rotatable bonds is 10. The Labute approximate surface area is 247 Å². The van der Waals surface area contributed by atoms with E-state index in [0.29, 0.717) is 11.1 Å². The topological polar surface area (TPSA) is 105 Å². The number of hydrogen-bond acceptors (Lipinski definition) is 8. The summed E-state index contributed by atoms with van der Waals surface area (Å²) in [7, 11) is 4.01. The smallest absolute Gasteiger partial charge is 0.356 e. The van der Waals surface area contributed by atoms with Gasteiger partial charge in [0.25, 0.3) is 0 Å². The predicted molar refractivity (Wildman–Crippen MR) is 150 cm³/mol. The second-order valence-electron chi connectivity index (χ2n) is 7.92. The third-order valence-corrected chi connectivity index (χ3v) is 6.77. The number of ether oxygens (including phenoxy) is 4. The van der Waals surface area contributed by atoms with Crippen molar-refractivity contribution in [3.8, 4) is 0 Å². The van der Waals surface area contributed by atoms with Gasteiger partial charge in [-0.2, -0.15) is 0 Å². The Balaban J connectivity index is 0.000000400. The van der Waals surface area contributed by atoms with Crippen LogP contribution in [-0.2, 0) is 38.1 Å². The van der Waals surface area contributed by atoms with E-state index < -0.39 is 47.1 Å². The van der Waals surface area contributed by atoms with E-state index in [-0.39, 0.29) is 0 Å². The molecule has 40 heavy (non-hydrogen) atoms. The first-order valence-electron chi connectivity index (χ1n) is 11.3. The van der Waals surface area contributed by atoms with Crippen molar-refractivity contribution >= 4 is 55.7 Å². The maximum atomic E-state index is 15.0. The molecule has 2 atom stereocenters. The largest absolute Gasteiger partial charge is 0.466 e. The summed E-state index contributed by atoms with van der Waals surface area (Å²) in [6.45, 7) is 6.98. The first-order chi connectivity index (χ1) is 18.8. The average molecular weight is 690 g/mol. The molecule has 0 spiro atoms. The SMILES string of the molecule is C=C[C@@H](c1ccc(Br)cc1)C(F)(C(=O)OC)C(=O)OC.C=C[C@@H](c1ccc(Br)cc1)C(F)(C(=O)OC)C(=O)OC. The van der Waals surface area contributed by atoms with Crippen molar-refractivity contribution in [1.29, 1.82) is 0 Å². The van der Waals surface area contributed by atoms with Crippen LogP contribution in [0.25, 0.3) is 0 Å². The number of esters is 4. The number of carbonyl (C=O) groups is 4. The van der Waals surface area contributed by atoms with Gasteiger partial charge < -0.3 is 18.9 Å². The molecule has 0 saturated heterocycles. The van der Waals surface area contributed by atoms with Crippen molar-refractivity contribution in [2.75, 3.05) is 28.4 Å². The molecule has 0 aromatic heterocycles. The normalized spacial score (nSPS) is 12.4. The summed E-state index contributed by atoms with van der Waals surface area (Å²) < 4.78 is 49.1. The molecule has 12 heteroatoms. The van der Waals surface area contributed by atoms with Crippen LogP contribution in [0.5, 0.6) is 0 Å². The number of alkyl halides is 2. The Bertz CT molecular complexity index is 1090. The molecule has 0 N–H and O–H groups in total. The lowest BCUT2D eigenvalue weighted by molar-refractivity contribution is -0.173. The van der Waals surface area contributed by atoms with E-state index in [2.05, 4.69) is 64.0 Å². The van der Waals surface area contributed by atoms with Gasteiger partial charge >= 0.3 is 35.2 Å². The highest BCUT2D eigenvalue weighted by molar-refractivity contribution is 9.10. The monoisotopic (exact) mass is 688 g/mol. The molecule has 8 nitrogen and oxygen atoms in total. The van der Waals surface area contributed by atoms with Gasteiger partial charge in [-0.25, -0.2) is 28.0 Å². The minimum absolute atomic E-state index is 0.404. The van der Waals surface area contributed by atoms with Crippen molar-refractivity contribution in [1.82, 2.24) is 0 Å². The van der Waals surface area contributed by atoms with Crippen molar-refractivity contribution in [2.24, 2.45) is 0 Å². The number of halogens is 4. The van der Waals surface area contributed by atoms with E-state index in [1.165, 1.54) is 12.2 Å². The lowest BCUT2D eigenvalue weighted by Crippen LogP contribution is -2.48. The molecule has 0 saturated carbocycles. The molecular formula is C28H28Br2F2O8. The summed E-state index contributed by atoms with van der Waals surface area (Å²) in [5.41, 5.74) is -5.14. The van der Waals surface area contributed by atoms with Crippen LogP contribution in [0.4, 0.5) is 8.78 Å². The van der Waals surface area contributed by atoms with Crippen molar-refractivity contribution in [3.63, 3.8) is 0 Å². The van der Waals surface area contributed by atoms with E-state index in [0.717, 1.165) is 37.4 Å². The summed E-state index contributed by atoms with van der Waals surface area (Å²) >= 11 is 6.50. The van der Waals surface area contributed by atoms with Crippen LogP contribution in [-0.4, -0.2) is 63.7 Å². The van der Waals surface area contributed by atoms with Crippen molar-refractivity contribution in [2.45, 2.75) is 23.2 Å². The minimum Gasteiger partial charge on any atom is -0.466 e. The lowest BCUT2D eigenvalue weighted by atomic mass is 9.83. The summed E-state index contributed by atoms with van der Waals surface area (Å²) in [4.78, 5) is 46.9. The highest BCUT2D eigenvalue weighted by Crippen LogP contribution is 2.37. The zero-order valence-corrected chi connectivity index (χ0v) is 25.3. The average Bonchev–Trinajstić information content (AvgIpc) is 2.97. The molecule has 2 aromatic rings. The van der Waals surface area contributed by atoms with Crippen LogP contribution >= 0.6 is 31.9 Å². The van der Waals surface area contributed by atoms with Gasteiger partial charge in [-0.1, -0.05) is 68.3 Å². The number of allylic oxidation sites excluding steroid dienone is 2. The van der Waals surface area contributed by atoms with Gasteiger partial charge in [0, 0.05) is 8.95 Å². The van der Waals surface area contributed by atoms with Gasteiger partial charge in [0.2, 0.25) is 0 Å². The second kappa shape index (κ2) is 15.4. The maximum absolute atomic E-state index is 15.0. The Hall–Kier alpha value is -3.38. The highest BCUT2D eigenvalue weighted by Gasteiger charge is 2.56.